The van der Waals surface area contributed by atoms with Gasteiger partial charge in [0.1, 0.15) is 0 Å². The number of rotatable bonds is 7. The Bertz CT molecular complexity index is 446. The van der Waals surface area contributed by atoms with Crippen LogP contribution in [0.4, 0.5) is 0 Å². The Morgan fingerprint density at radius 1 is 1.25 bits per heavy atom. The van der Waals surface area contributed by atoms with E-state index in [2.05, 4.69) is 24.4 Å². The van der Waals surface area contributed by atoms with Crippen molar-refractivity contribution in [2.75, 3.05) is 0 Å². The number of carbonyl (C=O) groups excluding carboxylic acids is 1. The zero-order valence-corrected chi connectivity index (χ0v) is 13.0. The molecule has 2 rings (SSSR count). The van der Waals surface area contributed by atoms with Crippen LogP contribution in [0.1, 0.15) is 62.6 Å². The standard InChI is InChI=1S/C17H24ClNO/c1-2-3-4-5-6-11-16(20)19-17-14-10-8-7-9-13(14)12-15(17)18/h7-10,15,17H,2-6,11-12H2,1H3,(H,19,20). The Morgan fingerprint density at radius 3 is 2.80 bits per heavy atom. The number of nitrogens with one attached hydrogen (secondary N) is 1. The number of unbranched alkanes of at least 4 members (excludes halogenated alkanes) is 4. The Hall–Kier alpha value is -1.02. The highest BCUT2D eigenvalue weighted by Crippen LogP contribution is 2.34. The molecule has 0 radical (unpaired) electrons. The average Bonchev–Trinajstić information content (AvgIpc) is 2.75. The molecule has 110 valence electrons. The Morgan fingerprint density at radius 2 is 2.00 bits per heavy atom. The Labute approximate surface area is 126 Å². The van der Waals surface area contributed by atoms with Crippen molar-refractivity contribution >= 4 is 17.5 Å². The minimum Gasteiger partial charge on any atom is -0.348 e. The molecule has 1 amide bonds. The molecule has 0 aromatic heterocycles. The summed E-state index contributed by atoms with van der Waals surface area (Å²) >= 11 is 6.38. The lowest BCUT2D eigenvalue weighted by atomic mass is 10.1. The molecule has 0 bridgehead atoms. The summed E-state index contributed by atoms with van der Waals surface area (Å²) in [5.74, 6) is 0.133. The number of alkyl halides is 1. The molecule has 2 unspecified atom stereocenters. The minimum absolute atomic E-state index is 0.0172. The summed E-state index contributed by atoms with van der Waals surface area (Å²) < 4.78 is 0. The van der Waals surface area contributed by atoms with Crippen LogP contribution in [0.15, 0.2) is 24.3 Å². The van der Waals surface area contributed by atoms with E-state index in [0.29, 0.717) is 6.42 Å². The van der Waals surface area contributed by atoms with E-state index in [9.17, 15) is 4.79 Å². The van der Waals surface area contributed by atoms with Crippen LogP contribution in [0.5, 0.6) is 0 Å². The van der Waals surface area contributed by atoms with Crippen molar-refractivity contribution in [2.45, 2.75) is 63.3 Å². The molecule has 3 heteroatoms. The number of carbonyl (C=O) groups is 1. The molecule has 1 aromatic carbocycles. The van der Waals surface area contributed by atoms with Crippen molar-refractivity contribution in [1.82, 2.24) is 5.32 Å². The van der Waals surface area contributed by atoms with Gasteiger partial charge in [-0.2, -0.15) is 0 Å². The quantitative estimate of drug-likeness (QED) is 0.587. The van der Waals surface area contributed by atoms with Gasteiger partial charge in [0.25, 0.3) is 0 Å². The molecule has 0 saturated carbocycles. The van der Waals surface area contributed by atoms with Crippen LogP contribution < -0.4 is 5.32 Å². The van der Waals surface area contributed by atoms with E-state index in [-0.39, 0.29) is 17.3 Å². The zero-order valence-electron chi connectivity index (χ0n) is 12.2. The highest BCUT2D eigenvalue weighted by molar-refractivity contribution is 6.21. The first kappa shape index (κ1) is 15.4. The summed E-state index contributed by atoms with van der Waals surface area (Å²) in [6, 6.07) is 8.19. The van der Waals surface area contributed by atoms with E-state index < -0.39 is 0 Å². The predicted molar refractivity (Wildman–Crippen MR) is 84.0 cm³/mol. The van der Waals surface area contributed by atoms with E-state index in [1.807, 2.05) is 12.1 Å². The number of fused-ring (bicyclic) bond motifs is 1. The molecule has 1 N–H and O–H groups in total. The lowest BCUT2D eigenvalue weighted by Crippen LogP contribution is -2.31. The van der Waals surface area contributed by atoms with Crippen LogP contribution in [0.3, 0.4) is 0 Å². The summed E-state index contributed by atoms with van der Waals surface area (Å²) in [7, 11) is 0. The number of hydrogen-bond donors (Lipinski definition) is 1. The van der Waals surface area contributed by atoms with Crippen LogP contribution in [0.25, 0.3) is 0 Å². The Kier molecular flexibility index (Phi) is 5.90. The van der Waals surface area contributed by atoms with Gasteiger partial charge in [0.05, 0.1) is 11.4 Å². The van der Waals surface area contributed by atoms with Crippen LogP contribution in [0.2, 0.25) is 0 Å². The Balaban J connectivity index is 1.80. The molecule has 0 saturated heterocycles. The maximum Gasteiger partial charge on any atom is 0.220 e. The molecule has 0 fully saturated rings. The van der Waals surface area contributed by atoms with E-state index in [1.165, 1.54) is 30.4 Å². The molecule has 20 heavy (non-hydrogen) atoms. The number of amides is 1. The summed E-state index contributed by atoms with van der Waals surface area (Å²) in [5, 5.41) is 3.09. The maximum atomic E-state index is 12.0. The topological polar surface area (TPSA) is 29.1 Å². The van der Waals surface area contributed by atoms with Crippen LogP contribution in [0, 0.1) is 0 Å². The highest BCUT2D eigenvalue weighted by atomic mass is 35.5. The molecule has 0 aliphatic heterocycles. The third-order valence-corrected chi connectivity index (χ3v) is 4.40. The van der Waals surface area contributed by atoms with Crippen LogP contribution >= 0.6 is 11.6 Å². The average molecular weight is 294 g/mol. The first-order valence-electron chi connectivity index (χ1n) is 7.73. The second-order valence-electron chi connectivity index (χ2n) is 5.63. The third kappa shape index (κ3) is 3.99. The number of benzene rings is 1. The summed E-state index contributed by atoms with van der Waals surface area (Å²) in [6.07, 6.45) is 7.32. The highest BCUT2D eigenvalue weighted by Gasteiger charge is 2.31. The van der Waals surface area contributed by atoms with Gasteiger partial charge in [0.15, 0.2) is 0 Å². The van der Waals surface area contributed by atoms with Crippen molar-refractivity contribution < 1.29 is 4.79 Å². The second-order valence-corrected chi connectivity index (χ2v) is 6.19. The predicted octanol–water partition coefficient (Wildman–Crippen LogP) is 4.37. The SMILES string of the molecule is CCCCCCCC(=O)NC1c2ccccc2CC1Cl. The van der Waals surface area contributed by atoms with Gasteiger partial charge in [-0.1, -0.05) is 56.9 Å². The van der Waals surface area contributed by atoms with Crippen LogP contribution in [-0.2, 0) is 11.2 Å². The van der Waals surface area contributed by atoms with Gasteiger partial charge < -0.3 is 5.32 Å². The molecule has 2 nitrogen and oxygen atoms in total. The number of halogens is 1. The lowest BCUT2D eigenvalue weighted by molar-refractivity contribution is -0.121. The first-order valence-corrected chi connectivity index (χ1v) is 8.17. The van der Waals surface area contributed by atoms with Gasteiger partial charge in [0.2, 0.25) is 5.91 Å². The van der Waals surface area contributed by atoms with Gasteiger partial charge in [-0.15, -0.1) is 11.6 Å². The molecule has 1 aromatic rings. The smallest absolute Gasteiger partial charge is 0.220 e. The van der Waals surface area contributed by atoms with Crippen molar-refractivity contribution in [3.05, 3.63) is 35.4 Å². The monoisotopic (exact) mass is 293 g/mol. The fourth-order valence-corrected chi connectivity index (χ4v) is 3.21. The molecular weight excluding hydrogens is 270 g/mol. The van der Waals surface area contributed by atoms with Gasteiger partial charge >= 0.3 is 0 Å². The van der Waals surface area contributed by atoms with Crippen molar-refractivity contribution in [1.29, 1.82) is 0 Å². The van der Waals surface area contributed by atoms with Crippen LogP contribution in [-0.4, -0.2) is 11.3 Å². The lowest BCUT2D eigenvalue weighted by Gasteiger charge is -2.17. The maximum absolute atomic E-state index is 12.0. The zero-order chi connectivity index (χ0) is 14.4. The second kappa shape index (κ2) is 7.68. The molecule has 0 spiro atoms. The van der Waals surface area contributed by atoms with E-state index in [4.69, 9.17) is 11.6 Å². The summed E-state index contributed by atoms with van der Waals surface area (Å²) in [6.45, 7) is 2.20. The summed E-state index contributed by atoms with van der Waals surface area (Å²) in [4.78, 5) is 12.0. The first-order chi connectivity index (χ1) is 9.72. The normalized spacial score (nSPS) is 20.7. The fraction of sp³-hybridized carbons (Fsp3) is 0.588. The summed E-state index contributed by atoms with van der Waals surface area (Å²) in [5.41, 5.74) is 2.45. The van der Waals surface area contributed by atoms with Gasteiger partial charge in [0, 0.05) is 6.42 Å². The van der Waals surface area contributed by atoms with Gasteiger partial charge in [-0.3, -0.25) is 4.79 Å². The van der Waals surface area contributed by atoms with E-state index >= 15 is 0 Å². The molecule has 1 aliphatic rings. The van der Waals surface area contributed by atoms with Crippen molar-refractivity contribution in [3.63, 3.8) is 0 Å². The fourth-order valence-electron chi connectivity index (χ4n) is 2.85. The van der Waals surface area contributed by atoms with E-state index in [1.54, 1.807) is 0 Å². The van der Waals surface area contributed by atoms with Crippen molar-refractivity contribution in [2.24, 2.45) is 0 Å². The van der Waals surface area contributed by atoms with Gasteiger partial charge in [-0.05, 0) is 24.0 Å². The van der Waals surface area contributed by atoms with Gasteiger partial charge in [-0.25, -0.2) is 0 Å². The minimum atomic E-state index is -0.0176. The molecule has 0 heterocycles. The molecule has 1 aliphatic carbocycles. The molecule has 2 atom stereocenters. The number of hydrogen-bond acceptors (Lipinski definition) is 1. The van der Waals surface area contributed by atoms with Crippen molar-refractivity contribution in [3.8, 4) is 0 Å². The molecular formula is C17H24ClNO. The van der Waals surface area contributed by atoms with E-state index in [0.717, 1.165) is 19.3 Å². The largest absolute Gasteiger partial charge is 0.348 e. The third-order valence-electron chi connectivity index (χ3n) is 3.99.